The Bertz CT molecular complexity index is 612. The molecule has 0 radical (unpaired) electrons. The van der Waals surface area contributed by atoms with Crippen LogP contribution in [-0.4, -0.2) is 20.1 Å². The number of benzene rings is 1. The summed E-state index contributed by atoms with van der Waals surface area (Å²) in [6, 6.07) is 9.21. The van der Waals surface area contributed by atoms with E-state index in [1.54, 1.807) is 19.1 Å². The van der Waals surface area contributed by atoms with E-state index in [1.165, 1.54) is 11.3 Å². The van der Waals surface area contributed by atoms with Crippen LogP contribution in [-0.2, 0) is 0 Å². The lowest BCUT2D eigenvalue weighted by Gasteiger charge is -2.17. The molecule has 0 aliphatic heterocycles. The molecule has 100 valence electrons. The van der Waals surface area contributed by atoms with E-state index in [0.717, 1.165) is 19.0 Å². The number of anilines is 1. The average molecular weight is 405 g/mol. The van der Waals surface area contributed by atoms with Crippen LogP contribution in [0.3, 0.4) is 0 Å². The van der Waals surface area contributed by atoms with E-state index in [0.29, 0.717) is 5.56 Å². The molecule has 2 rings (SSSR count). The summed E-state index contributed by atoms with van der Waals surface area (Å²) in [6.07, 6.45) is 0. The molecule has 0 saturated heterocycles. The number of amides is 1. The zero-order valence-electron chi connectivity index (χ0n) is 10.3. The lowest BCUT2D eigenvalue weighted by molar-refractivity contribution is 0.0993. The molecule has 1 heterocycles. The topological polar surface area (TPSA) is 29.5 Å². The van der Waals surface area contributed by atoms with Crippen molar-refractivity contribution >= 4 is 54.8 Å². The van der Waals surface area contributed by atoms with Crippen LogP contribution in [0.1, 0.15) is 10.4 Å². The number of halogens is 2. The molecule has 0 atom stereocenters. The Morgan fingerprint density at radius 1 is 1.32 bits per heavy atom. The summed E-state index contributed by atoms with van der Waals surface area (Å²) in [5, 5.41) is 0. The van der Waals surface area contributed by atoms with Gasteiger partial charge in [-0.05, 0) is 50.1 Å². The third-order valence-electron chi connectivity index (χ3n) is 2.63. The number of ether oxygens (including phenoxy) is 1. The van der Waals surface area contributed by atoms with Gasteiger partial charge in [-0.25, -0.2) is 0 Å². The molecule has 19 heavy (non-hydrogen) atoms. The van der Waals surface area contributed by atoms with E-state index in [9.17, 15) is 4.79 Å². The first-order valence-corrected chi connectivity index (χ1v) is 7.80. The van der Waals surface area contributed by atoms with Crippen molar-refractivity contribution in [3.05, 3.63) is 43.5 Å². The van der Waals surface area contributed by atoms with Crippen molar-refractivity contribution in [2.24, 2.45) is 0 Å². The summed E-state index contributed by atoms with van der Waals surface area (Å²) >= 11 is 8.26. The molecule has 1 aromatic heterocycles. The Hall–Kier alpha value is -0.850. The average Bonchev–Trinajstić information content (AvgIpc) is 2.76. The molecule has 0 spiro atoms. The van der Waals surface area contributed by atoms with Crippen LogP contribution in [0.4, 0.5) is 5.69 Å². The molecule has 0 unspecified atom stereocenters. The van der Waals surface area contributed by atoms with Crippen molar-refractivity contribution in [3.8, 4) is 5.75 Å². The molecule has 0 N–H and O–H groups in total. The predicted molar refractivity (Wildman–Crippen MR) is 85.4 cm³/mol. The van der Waals surface area contributed by atoms with Crippen LogP contribution >= 0.6 is 43.2 Å². The van der Waals surface area contributed by atoms with Gasteiger partial charge in [0.25, 0.3) is 5.91 Å². The van der Waals surface area contributed by atoms with Crippen LogP contribution in [0.5, 0.6) is 5.75 Å². The van der Waals surface area contributed by atoms with E-state index >= 15 is 0 Å². The maximum absolute atomic E-state index is 12.4. The smallest absolute Gasteiger partial charge is 0.260 e. The second-order valence-electron chi connectivity index (χ2n) is 3.80. The first-order valence-electron chi connectivity index (χ1n) is 5.40. The maximum Gasteiger partial charge on any atom is 0.260 e. The zero-order valence-corrected chi connectivity index (χ0v) is 14.3. The summed E-state index contributed by atoms with van der Waals surface area (Å²) in [7, 11) is 3.35. The SMILES string of the molecule is COc1cccc(N(C)C(=O)c2cc(Br)sc2Br)c1. The van der Waals surface area contributed by atoms with Gasteiger partial charge in [-0.2, -0.15) is 0 Å². The number of nitrogens with zero attached hydrogens (tertiary/aromatic N) is 1. The van der Waals surface area contributed by atoms with E-state index in [1.807, 2.05) is 30.3 Å². The summed E-state index contributed by atoms with van der Waals surface area (Å²) < 4.78 is 6.90. The number of carbonyl (C=O) groups excluding carboxylic acids is 1. The Morgan fingerprint density at radius 3 is 2.63 bits per heavy atom. The van der Waals surface area contributed by atoms with Gasteiger partial charge in [0.1, 0.15) is 5.75 Å². The monoisotopic (exact) mass is 403 g/mol. The molecule has 2 aromatic rings. The molecule has 0 aliphatic rings. The highest BCUT2D eigenvalue weighted by molar-refractivity contribution is 9.12. The van der Waals surface area contributed by atoms with Crippen LogP contribution in [0, 0.1) is 0 Å². The Kier molecular flexibility index (Phi) is 4.65. The minimum atomic E-state index is -0.0675. The molecule has 6 heteroatoms. The molecule has 0 aliphatic carbocycles. The molecule has 0 bridgehead atoms. The highest BCUT2D eigenvalue weighted by Gasteiger charge is 2.19. The van der Waals surface area contributed by atoms with Crippen molar-refractivity contribution in [3.63, 3.8) is 0 Å². The van der Waals surface area contributed by atoms with Gasteiger partial charge in [0.2, 0.25) is 0 Å². The second kappa shape index (κ2) is 6.07. The van der Waals surface area contributed by atoms with Crippen molar-refractivity contribution in [2.45, 2.75) is 0 Å². The first kappa shape index (κ1) is 14.6. The van der Waals surface area contributed by atoms with Gasteiger partial charge < -0.3 is 9.64 Å². The van der Waals surface area contributed by atoms with E-state index in [4.69, 9.17) is 4.74 Å². The van der Waals surface area contributed by atoms with E-state index < -0.39 is 0 Å². The Balaban J connectivity index is 2.30. The van der Waals surface area contributed by atoms with Gasteiger partial charge in [0.15, 0.2) is 0 Å². The Labute approximate surface area is 132 Å². The van der Waals surface area contributed by atoms with Crippen LogP contribution < -0.4 is 9.64 Å². The fourth-order valence-corrected chi connectivity index (χ4v) is 4.38. The lowest BCUT2D eigenvalue weighted by Crippen LogP contribution is -2.26. The van der Waals surface area contributed by atoms with Crippen molar-refractivity contribution in [2.75, 3.05) is 19.1 Å². The fraction of sp³-hybridized carbons (Fsp3) is 0.154. The third kappa shape index (κ3) is 3.19. The van der Waals surface area contributed by atoms with E-state index in [-0.39, 0.29) is 5.91 Å². The summed E-state index contributed by atoms with van der Waals surface area (Å²) in [6.45, 7) is 0. The molecule has 0 saturated carbocycles. The molecule has 1 aromatic carbocycles. The van der Waals surface area contributed by atoms with Crippen molar-refractivity contribution in [1.82, 2.24) is 0 Å². The van der Waals surface area contributed by atoms with Crippen molar-refractivity contribution < 1.29 is 9.53 Å². The van der Waals surface area contributed by atoms with Crippen LogP contribution in [0.25, 0.3) is 0 Å². The van der Waals surface area contributed by atoms with Crippen LogP contribution in [0.2, 0.25) is 0 Å². The summed E-state index contributed by atoms with van der Waals surface area (Å²) in [4.78, 5) is 14.0. The zero-order chi connectivity index (χ0) is 14.0. The summed E-state index contributed by atoms with van der Waals surface area (Å²) in [5.41, 5.74) is 1.43. The predicted octanol–water partition coefficient (Wildman–Crippen LogP) is 4.56. The van der Waals surface area contributed by atoms with Gasteiger partial charge in [-0.1, -0.05) is 6.07 Å². The second-order valence-corrected chi connectivity index (χ2v) is 7.55. The number of hydrogen-bond acceptors (Lipinski definition) is 3. The number of carbonyl (C=O) groups is 1. The molecule has 0 fully saturated rings. The van der Waals surface area contributed by atoms with Crippen molar-refractivity contribution in [1.29, 1.82) is 0 Å². The standard InChI is InChI=1S/C13H11Br2NO2S/c1-16(8-4-3-5-9(6-8)18-2)13(17)10-7-11(14)19-12(10)15/h3-7H,1-2H3. The normalized spacial score (nSPS) is 10.3. The number of methoxy groups -OCH3 is 1. The number of hydrogen-bond donors (Lipinski definition) is 0. The maximum atomic E-state index is 12.4. The largest absolute Gasteiger partial charge is 0.497 e. The number of rotatable bonds is 3. The minimum absolute atomic E-state index is 0.0675. The summed E-state index contributed by atoms with van der Waals surface area (Å²) in [5.74, 6) is 0.657. The molecule has 3 nitrogen and oxygen atoms in total. The van der Waals surface area contributed by atoms with Crippen LogP contribution in [0.15, 0.2) is 37.9 Å². The lowest BCUT2D eigenvalue weighted by atomic mass is 10.2. The molecular weight excluding hydrogens is 394 g/mol. The van der Waals surface area contributed by atoms with Gasteiger partial charge in [0.05, 0.1) is 20.2 Å². The highest BCUT2D eigenvalue weighted by Crippen LogP contribution is 2.33. The minimum Gasteiger partial charge on any atom is -0.497 e. The van der Waals surface area contributed by atoms with Gasteiger partial charge in [-0.3, -0.25) is 4.79 Å². The Morgan fingerprint density at radius 2 is 2.05 bits per heavy atom. The quantitative estimate of drug-likeness (QED) is 0.750. The number of thiophene rings is 1. The third-order valence-corrected chi connectivity index (χ3v) is 4.97. The fourth-order valence-electron chi connectivity index (χ4n) is 1.60. The molecular formula is C13H11Br2NO2S. The van der Waals surface area contributed by atoms with Gasteiger partial charge >= 0.3 is 0 Å². The first-order chi connectivity index (χ1) is 9.02. The van der Waals surface area contributed by atoms with E-state index in [2.05, 4.69) is 31.9 Å². The highest BCUT2D eigenvalue weighted by atomic mass is 79.9. The molecule has 1 amide bonds. The van der Waals surface area contributed by atoms with Gasteiger partial charge in [0, 0.05) is 18.8 Å². The van der Waals surface area contributed by atoms with Gasteiger partial charge in [-0.15, -0.1) is 11.3 Å².